The van der Waals surface area contributed by atoms with Gasteiger partial charge < -0.3 is 19.9 Å². The fraction of sp³-hybridized carbons (Fsp3) is 0.455. The number of nitrogens with one attached hydrogen (secondary N) is 1. The summed E-state index contributed by atoms with van der Waals surface area (Å²) in [6.07, 6.45) is -2.80. The third-order valence-electron chi connectivity index (χ3n) is 8.73. The molecule has 0 saturated carbocycles. The third kappa shape index (κ3) is 7.15. The Morgan fingerprint density at radius 2 is 1.82 bits per heavy atom. The summed E-state index contributed by atoms with van der Waals surface area (Å²) in [6, 6.07) is 11.0. The molecule has 2 aliphatic rings. The molecule has 5 rings (SSSR count). The van der Waals surface area contributed by atoms with Crippen molar-refractivity contribution in [2.45, 2.75) is 33.0 Å². The summed E-state index contributed by atoms with van der Waals surface area (Å²) in [4.78, 5) is 23.9. The number of likely N-dealkylation sites (tertiary alicyclic amines) is 1. The number of benzene rings is 2. The molecule has 0 spiro atoms. The van der Waals surface area contributed by atoms with E-state index in [1.807, 2.05) is 13.1 Å². The highest BCUT2D eigenvalue weighted by molar-refractivity contribution is 6.07. The van der Waals surface area contributed by atoms with Gasteiger partial charge in [-0.1, -0.05) is 26.0 Å². The van der Waals surface area contributed by atoms with Gasteiger partial charge in [0.15, 0.2) is 0 Å². The molecular weight excluding hydrogens is 574 g/mol. The number of piperazine rings is 1. The molecular formula is C33H39F4N5O2. The topological polar surface area (TPSA) is 60.9 Å². The van der Waals surface area contributed by atoms with E-state index >= 15 is 4.39 Å². The van der Waals surface area contributed by atoms with Crippen LogP contribution in [0.3, 0.4) is 0 Å². The number of methoxy groups -OCH3 is 1. The minimum absolute atomic E-state index is 0.252. The van der Waals surface area contributed by atoms with Gasteiger partial charge in [0, 0.05) is 57.1 Å². The van der Waals surface area contributed by atoms with Crippen LogP contribution in [-0.2, 0) is 12.7 Å². The maximum absolute atomic E-state index is 15.3. The van der Waals surface area contributed by atoms with Gasteiger partial charge in [0.1, 0.15) is 5.82 Å². The largest absolute Gasteiger partial charge is 0.481 e. The highest BCUT2D eigenvalue weighted by Gasteiger charge is 2.36. The zero-order valence-electron chi connectivity index (χ0n) is 25.5. The Labute approximate surface area is 255 Å². The number of carbonyl (C=O) groups is 1. The van der Waals surface area contributed by atoms with Crippen molar-refractivity contribution in [2.75, 3.05) is 63.6 Å². The molecule has 2 aliphatic heterocycles. The van der Waals surface area contributed by atoms with E-state index in [1.54, 1.807) is 24.3 Å². The summed E-state index contributed by atoms with van der Waals surface area (Å²) in [5, 5.41) is 2.70. The predicted octanol–water partition coefficient (Wildman–Crippen LogP) is 6.40. The van der Waals surface area contributed by atoms with E-state index in [0.717, 1.165) is 44.4 Å². The molecule has 3 aromatic rings. The Morgan fingerprint density at radius 3 is 2.48 bits per heavy atom. The summed E-state index contributed by atoms with van der Waals surface area (Å²) in [5.41, 5.74) is 1.01. The number of pyridine rings is 1. The fourth-order valence-corrected chi connectivity index (χ4v) is 5.98. The summed E-state index contributed by atoms with van der Waals surface area (Å²) < 4.78 is 61.9. The number of amides is 1. The van der Waals surface area contributed by atoms with Gasteiger partial charge >= 0.3 is 6.18 Å². The van der Waals surface area contributed by atoms with Crippen LogP contribution in [-0.4, -0.2) is 74.1 Å². The van der Waals surface area contributed by atoms with Gasteiger partial charge in [-0.2, -0.15) is 13.2 Å². The molecule has 1 aromatic heterocycles. The normalized spacial score (nSPS) is 18.2. The molecule has 2 saturated heterocycles. The highest BCUT2D eigenvalue weighted by Crippen LogP contribution is 2.37. The van der Waals surface area contributed by atoms with Gasteiger partial charge in [-0.05, 0) is 67.2 Å². The Kier molecular flexibility index (Phi) is 9.45. The average molecular weight is 614 g/mol. The number of likely N-dealkylation sites (N-methyl/N-ethyl adjacent to an activating group) is 1. The first-order valence-electron chi connectivity index (χ1n) is 14.9. The Hall–Kier alpha value is -3.70. The summed E-state index contributed by atoms with van der Waals surface area (Å²) >= 11 is 0. The number of aromatic nitrogens is 1. The Morgan fingerprint density at radius 1 is 1.07 bits per heavy atom. The van der Waals surface area contributed by atoms with Crippen molar-refractivity contribution in [1.29, 1.82) is 0 Å². The molecule has 2 aromatic carbocycles. The van der Waals surface area contributed by atoms with Gasteiger partial charge in [-0.15, -0.1) is 0 Å². The van der Waals surface area contributed by atoms with Crippen molar-refractivity contribution in [3.05, 3.63) is 71.2 Å². The maximum atomic E-state index is 15.3. The lowest BCUT2D eigenvalue weighted by atomic mass is 9.95. The quantitative estimate of drug-likeness (QED) is 0.297. The van der Waals surface area contributed by atoms with Gasteiger partial charge in [0.25, 0.3) is 5.91 Å². The fourth-order valence-electron chi connectivity index (χ4n) is 5.98. The van der Waals surface area contributed by atoms with Crippen molar-refractivity contribution >= 4 is 17.3 Å². The van der Waals surface area contributed by atoms with Gasteiger partial charge in [-0.25, -0.2) is 9.37 Å². The molecule has 1 N–H and O–H groups in total. The Balaban J connectivity index is 1.48. The number of alkyl halides is 3. The Bertz CT molecular complexity index is 1490. The van der Waals surface area contributed by atoms with Gasteiger partial charge in [0.2, 0.25) is 5.88 Å². The maximum Gasteiger partial charge on any atom is 0.417 e. The molecule has 1 atom stereocenters. The second-order valence-corrected chi connectivity index (χ2v) is 12.1. The van der Waals surface area contributed by atoms with Crippen LogP contribution in [0.5, 0.6) is 5.88 Å². The molecule has 44 heavy (non-hydrogen) atoms. The molecule has 2 fully saturated rings. The molecule has 0 bridgehead atoms. The summed E-state index contributed by atoms with van der Waals surface area (Å²) in [5.74, 6) is -0.390. The number of nitrogens with zero attached hydrogens (tertiary/aromatic N) is 4. The van der Waals surface area contributed by atoms with Crippen LogP contribution in [0.2, 0.25) is 0 Å². The van der Waals surface area contributed by atoms with Crippen molar-refractivity contribution in [2.24, 2.45) is 11.8 Å². The minimum atomic E-state index is -4.81. The van der Waals surface area contributed by atoms with E-state index < -0.39 is 29.0 Å². The number of anilines is 2. The smallest absolute Gasteiger partial charge is 0.417 e. The number of halogens is 4. The molecule has 236 valence electrons. The monoisotopic (exact) mass is 613 g/mol. The van der Waals surface area contributed by atoms with Gasteiger partial charge in [0.05, 0.1) is 29.6 Å². The number of hydrogen-bond donors (Lipinski definition) is 1. The molecule has 1 amide bonds. The summed E-state index contributed by atoms with van der Waals surface area (Å²) in [6.45, 7) is 10.0. The van der Waals surface area contributed by atoms with E-state index in [-0.39, 0.29) is 5.88 Å². The van der Waals surface area contributed by atoms with Gasteiger partial charge in [-0.3, -0.25) is 9.69 Å². The summed E-state index contributed by atoms with van der Waals surface area (Å²) in [7, 11) is 3.22. The SMILES string of the molecule is COc1cc(C(F)(F)F)c(C(=O)Nc2cc(-c3cc(CN4CCC(C(C)C)C4)ccc3F)ccc2N2CCN(C)CC2)cn1. The molecule has 11 heteroatoms. The van der Waals surface area contributed by atoms with Crippen molar-refractivity contribution in [1.82, 2.24) is 14.8 Å². The first-order chi connectivity index (χ1) is 20.9. The lowest BCUT2D eigenvalue weighted by Crippen LogP contribution is -2.44. The number of rotatable bonds is 8. The average Bonchev–Trinajstić information content (AvgIpc) is 3.47. The van der Waals surface area contributed by atoms with Crippen LogP contribution < -0.4 is 15.0 Å². The number of carbonyl (C=O) groups excluding carboxylic acids is 1. The van der Waals surface area contributed by atoms with Crippen LogP contribution in [0.4, 0.5) is 28.9 Å². The van der Waals surface area contributed by atoms with E-state index in [9.17, 15) is 18.0 Å². The van der Waals surface area contributed by atoms with E-state index in [0.29, 0.717) is 60.0 Å². The van der Waals surface area contributed by atoms with Crippen LogP contribution in [0, 0.1) is 17.7 Å². The van der Waals surface area contributed by atoms with Crippen LogP contribution in [0.25, 0.3) is 11.1 Å². The second kappa shape index (κ2) is 13.1. The standard InChI is InChI=1S/C33H39F4N5O2/c1-21(2)24-9-10-41(20-24)19-22-5-7-28(34)25(15-22)23-6-8-30(42-13-11-40(3)12-14-42)29(16-23)39-32(43)26-18-38-31(44-4)17-27(26)33(35,36)37/h5-8,15-18,21,24H,9-14,19-20H2,1-4H3,(H,39,43). The number of ether oxygens (including phenoxy) is 1. The zero-order chi connectivity index (χ0) is 31.6. The lowest BCUT2D eigenvalue weighted by Gasteiger charge is -2.35. The predicted molar refractivity (Wildman–Crippen MR) is 164 cm³/mol. The van der Waals surface area contributed by atoms with Crippen LogP contribution in [0.1, 0.15) is 41.8 Å². The third-order valence-corrected chi connectivity index (χ3v) is 8.73. The van der Waals surface area contributed by atoms with Crippen molar-refractivity contribution in [3.8, 4) is 17.0 Å². The van der Waals surface area contributed by atoms with Crippen molar-refractivity contribution in [3.63, 3.8) is 0 Å². The highest BCUT2D eigenvalue weighted by atomic mass is 19.4. The van der Waals surface area contributed by atoms with Crippen molar-refractivity contribution < 1.29 is 27.1 Å². The molecule has 0 aliphatic carbocycles. The molecule has 3 heterocycles. The molecule has 1 unspecified atom stereocenters. The number of hydrogen-bond acceptors (Lipinski definition) is 6. The van der Waals surface area contributed by atoms with Crippen LogP contribution >= 0.6 is 0 Å². The molecule has 0 radical (unpaired) electrons. The first-order valence-corrected chi connectivity index (χ1v) is 14.9. The van der Waals surface area contributed by atoms with Crippen LogP contribution in [0.15, 0.2) is 48.7 Å². The zero-order valence-corrected chi connectivity index (χ0v) is 25.5. The van der Waals surface area contributed by atoms with E-state index in [1.165, 1.54) is 13.2 Å². The minimum Gasteiger partial charge on any atom is -0.481 e. The van der Waals surface area contributed by atoms with E-state index in [2.05, 4.69) is 38.8 Å². The second-order valence-electron chi connectivity index (χ2n) is 12.1. The lowest BCUT2D eigenvalue weighted by molar-refractivity contribution is -0.138. The van der Waals surface area contributed by atoms with E-state index in [4.69, 9.17) is 4.74 Å². The molecule has 7 nitrogen and oxygen atoms in total. The first kappa shape index (κ1) is 31.7.